The van der Waals surface area contributed by atoms with Crippen LogP contribution >= 0.6 is 23.4 Å². The van der Waals surface area contributed by atoms with Gasteiger partial charge < -0.3 is 10.1 Å². The zero-order valence-corrected chi connectivity index (χ0v) is 13.3. The van der Waals surface area contributed by atoms with Crippen molar-refractivity contribution in [3.63, 3.8) is 0 Å². The number of amides is 1. The molecule has 22 heavy (non-hydrogen) atoms. The van der Waals surface area contributed by atoms with Crippen LogP contribution in [0, 0.1) is 0 Å². The first-order chi connectivity index (χ1) is 10.6. The molecule has 1 aromatic heterocycles. The van der Waals surface area contributed by atoms with Gasteiger partial charge in [0, 0.05) is 16.9 Å². The molecule has 0 spiro atoms. The van der Waals surface area contributed by atoms with Crippen molar-refractivity contribution in [1.82, 2.24) is 4.98 Å². The normalized spacial score (nSPS) is 10.1. The second kappa shape index (κ2) is 7.82. The summed E-state index contributed by atoms with van der Waals surface area (Å²) in [6.07, 6.45) is 3.40. The third-order valence-corrected chi connectivity index (χ3v) is 3.57. The van der Waals surface area contributed by atoms with E-state index in [-0.39, 0.29) is 6.61 Å². The number of nitrogens with zero attached hydrogens (tertiary/aromatic N) is 1. The molecule has 5 nitrogen and oxygen atoms in total. The van der Waals surface area contributed by atoms with Crippen molar-refractivity contribution in [3.05, 3.63) is 53.2 Å². The van der Waals surface area contributed by atoms with Crippen LogP contribution < -0.4 is 5.32 Å². The molecule has 1 amide bonds. The van der Waals surface area contributed by atoms with Gasteiger partial charge in [-0.25, -0.2) is 9.78 Å². The first kappa shape index (κ1) is 16.3. The summed E-state index contributed by atoms with van der Waals surface area (Å²) in [6, 6.07) is 9.96. The number of rotatable bonds is 5. The number of ether oxygens (including phenoxy) is 1. The monoisotopic (exact) mass is 336 g/mol. The number of hydrogen-bond acceptors (Lipinski definition) is 5. The number of pyridine rings is 1. The molecule has 0 saturated heterocycles. The molecule has 1 N–H and O–H groups in total. The third-order valence-electron chi connectivity index (χ3n) is 2.63. The van der Waals surface area contributed by atoms with Gasteiger partial charge in [0.15, 0.2) is 6.61 Å². The van der Waals surface area contributed by atoms with Gasteiger partial charge >= 0.3 is 5.97 Å². The Kier molecular flexibility index (Phi) is 5.80. The SMILES string of the molecule is CSc1ncccc1C(=O)OCC(=O)Nc1cccc(Cl)c1. The van der Waals surface area contributed by atoms with Gasteiger partial charge in [-0.05, 0) is 36.6 Å². The molecule has 114 valence electrons. The van der Waals surface area contributed by atoms with Crippen molar-refractivity contribution < 1.29 is 14.3 Å². The molecule has 0 aliphatic heterocycles. The number of nitrogens with one attached hydrogen (secondary N) is 1. The lowest BCUT2D eigenvalue weighted by Crippen LogP contribution is -2.21. The maximum absolute atomic E-state index is 12.0. The van der Waals surface area contributed by atoms with Crippen LogP contribution in [-0.2, 0) is 9.53 Å². The van der Waals surface area contributed by atoms with Crippen LogP contribution in [-0.4, -0.2) is 29.7 Å². The first-order valence-corrected chi connectivity index (χ1v) is 7.92. The lowest BCUT2D eigenvalue weighted by molar-refractivity contribution is -0.119. The van der Waals surface area contributed by atoms with Gasteiger partial charge in [-0.3, -0.25) is 4.79 Å². The highest BCUT2D eigenvalue weighted by Crippen LogP contribution is 2.18. The van der Waals surface area contributed by atoms with Gasteiger partial charge in [-0.2, -0.15) is 0 Å². The molecule has 2 rings (SSSR count). The summed E-state index contributed by atoms with van der Waals surface area (Å²) in [5.41, 5.74) is 0.880. The maximum Gasteiger partial charge on any atom is 0.341 e. The Balaban J connectivity index is 1.92. The second-order valence-corrected chi connectivity index (χ2v) is 5.43. The lowest BCUT2D eigenvalue weighted by atomic mass is 10.3. The van der Waals surface area contributed by atoms with Crippen molar-refractivity contribution in [2.45, 2.75) is 5.03 Å². The van der Waals surface area contributed by atoms with Crippen LogP contribution in [0.1, 0.15) is 10.4 Å². The number of aromatic nitrogens is 1. The Morgan fingerprint density at radius 3 is 2.86 bits per heavy atom. The van der Waals surface area contributed by atoms with E-state index < -0.39 is 11.9 Å². The van der Waals surface area contributed by atoms with E-state index in [0.29, 0.717) is 21.3 Å². The number of thioether (sulfide) groups is 1. The number of anilines is 1. The standard InChI is InChI=1S/C15H13ClN2O3S/c1-22-14-12(6-3-7-17-14)15(20)21-9-13(19)18-11-5-2-4-10(16)8-11/h2-8H,9H2,1H3,(H,18,19). The third kappa shape index (κ3) is 4.47. The highest BCUT2D eigenvalue weighted by molar-refractivity contribution is 7.98. The smallest absolute Gasteiger partial charge is 0.341 e. The number of halogens is 1. The molecule has 0 unspecified atom stereocenters. The van der Waals surface area contributed by atoms with E-state index >= 15 is 0 Å². The average molecular weight is 337 g/mol. The fourth-order valence-electron chi connectivity index (χ4n) is 1.68. The number of carbonyl (C=O) groups excluding carboxylic acids is 2. The van der Waals surface area contributed by atoms with Crippen molar-refractivity contribution in [1.29, 1.82) is 0 Å². The summed E-state index contributed by atoms with van der Waals surface area (Å²) in [7, 11) is 0. The molecular weight excluding hydrogens is 324 g/mol. The average Bonchev–Trinajstić information content (AvgIpc) is 2.52. The van der Waals surface area contributed by atoms with E-state index in [1.54, 1.807) is 42.6 Å². The lowest BCUT2D eigenvalue weighted by Gasteiger charge is -2.08. The number of carbonyl (C=O) groups is 2. The zero-order chi connectivity index (χ0) is 15.9. The zero-order valence-electron chi connectivity index (χ0n) is 11.7. The van der Waals surface area contributed by atoms with Crippen molar-refractivity contribution >= 4 is 40.9 Å². The number of benzene rings is 1. The van der Waals surface area contributed by atoms with Gasteiger partial charge in [-0.1, -0.05) is 17.7 Å². The Morgan fingerprint density at radius 1 is 1.32 bits per heavy atom. The largest absolute Gasteiger partial charge is 0.452 e. The number of hydrogen-bond donors (Lipinski definition) is 1. The summed E-state index contributed by atoms with van der Waals surface area (Å²) in [6.45, 7) is -0.381. The maximum atomic E-state index is 12.0. The van der Waals surface area contributed by atoms with Crippen LogP contribution in [0.15, 0.2) is 47.6 Å². The first-order valence-electron chi connectivity index (χ1n) is 6.31. The molecule has 0 aliphatic carbocycles. The van der Waals surface area contributed by atoms with Gasteiger partial charge in [-0.15, -0.1) is 11.8 Å². The van der Waals surface area contributed by atoms with Crippen LogP contribution in [0.5, 0.6) is 0 Å². The minimum absolute atomic E-state index is 0.338. The van der Waals surface area contributed by atoms with E-state index in [1.807, 2.05) is 6.26 Å². The summed E-state index contributed by atoms with van der Waals surface area (Å²) in [4.78, 5) is 27.8. The number of esters is 1. The van der Waals surface area contributed by atoms with E-state index in [1.165, 1.54) is 11.8 Å². The summed E-state index contributed by atoms with van der Waals surface area (Å²) in [5, 5.41) is 3.66. The predicted molar refractivity (Wildman–Crippen MR) is 86.4 cm³/mol. The van der Waals surface area contributed by atoms with Crippen LogP contribution in [0.4, 0.5) is 5.69 Å². The van der Waals surface area contributed by atoms with E-state index in [9.17, 15) is 9.59 Å². The second-order valence-electron chi connectivity index (χ2n) is 4.19. The summed E-state index contributed by atoms with van der Waals surface area (Å²) < 4.78 is 5.00. The topological polar surface area (TPSA) is 68.3 Å². The predicted octanol–water partition coefficient (Wildman–Crippen LogP) is 3.25. The fraction of sp³-hybridized carbons (Fsp3) is 0.133. The summed E-state index contributed by atoms with van der Waals surface area (Å²) >= 11 is 7.16. The molecule has 0 aliphatic rings. The van der Waals surface area contributed by atoms with Crippen molar-refractivity contribution in [2.75, 3.05) is 18.2 Å². The molecule has 0 radical (unpaired) electrons. The van der Waals surface area contributed by atoms with Gasteiger partial charge in [0.1, 0.15) is 5.03 Å². The van der Waals surface area contributed by atoms with Crippen molar-refractivity contribution in [3.8, 4) is 0 Å². The van der Waals surface area contributed by atoms with Crippen LogP contribution in [0.25, 0.3) is 0 Å². The Labute approximate surface area is 137 Å². The Morgan fingerprint density at radius 2 is 2.14 bits per heavy atom. The highest BCUT2D eigenvalue weighted by atomic mass is 35.5. The Bertz CT molecular complexity index is 694. The van der Waals surface area contributed by atoms with E-state index in [2.05, 4.69) is 10.3 Å². The van der Waals surface area contributed by atoms with Gasteiger partial charge in [0.2, 0.25) is 0 Å². The van der Waals surface area contributed by atoms with Crippen LogP contribution in [0.2, 0.25) is 5.02 Å². The summed E-state index contributed by atoms with van der Waals surface area (Å²) in [5.74, 6) is -1.02. The van der Waals surface area contributed by atoms with Gasteiger partial charge in [0.05, 0.1) is 5.56 Å². The molecule has 0 bridgehead atoms. The van der Waals surface area contributed by atoms with E-state index in [4.69, 9.17) is 16.3 Å². The van der Waals surface area contributed by atoms with Crippen molar-refractivity contribution in [2.24, 2.45) is 0 Å². The molecular formula is C15H13ClN2O3S. The molecule has 0 fully saturated rings. The highest BCUT2D eigenvalue weighted by Gasteiger charge is 2.14. The molecule has 1 heterocycles. The minimum Gasteiger partial charge on any atom is -0.452 e. The van der Waals surface area contributed by atoms with E-state index in [0.717, 1.165) is 0 Å². The molecule has 2 aromatic rings. The quantitative estimate of drug-likeness (QED) is 0.670. The molecule has 7 heteroatoms. The molecule has 0 atom stereocenters. The fourth-order valence-corrected chi connectivity index (χ4v) is 2.41. The van der Waals surface area contributed by atoms with Crippen LogP contribution in [0.3, 0.4) is 0 Å². The van der Waals surface area contributed by atoms with Gasteiger partial charge in [0.25, 0.3) is 5.91 Å². The molecule has 0 saturated carbocycles. The minimum atomic E-state index is -0.585. The Hall–Kier alpha value is -2.05. The molecule has 1 aromatic carbocycles.